The molecule has 21 heavy (non-hydrogen) atoms. The van der Waals surface area contributed by atoms with Crippen LogP contribution in [0.4, 0.5) is 5.69 Å². The molecule has 0 radical (unpaired) electrons. The summed E-state index contributed by atoms with van der Waals surface area (Å²) in [6.07, 6.45) is 0. The Morgan fingerprint density at radius 2 is 1.33 bits per heavy atom. The summed E-state index contributed by atoms with van der Waals surface area (Å²) in [5, 5.41) is 10.5. The van der Waals surface area contributed by atoms with Crippen molar-refractivity contribution >= 4 is 17.6 Å². The Morgan fingerprint density at radius 1 is 0.905 bits per heavy atom. The molecule has 0 aliphatic rings. The lowest BCUT2D eigenvalue weighted by atomic mass is 10.1. The van der Waals surface area contributed by atoms with Gasteiger partial charge in [0.05, 0.1) is 16.1 Å². The van der Waals surface area contributed by atoms with E-state index in [1.165, 1.54) is 24.3 Å². The van der Waals surface area contributed by atoms with E-state index in [-0.39, 0.29) is 16.8 Å². The molecule has 2 rings (SSSR count). The summed E-state index contributed by atoms with van der Waals surface area (Å²) in [6.45, 7) is 1.87. The average molecular weight is 285 g/mol. The number of benzene rings is 2. The molecule has 0 aliphatic heterocycles. The van der Waals surface area contributed by atoms with Gasteiger partial charge in [-0.3, -0.25) is 10.1 Å². The van der Waals surface area contributed by atoms with Crippen molar-refractivity contribution in [3.05, 3.63) is 75.3 Å². The summed E-state index contributed by atoms with van der Waals surface area (Å²) < 4.78 is 4.71. The normalized spacial score (nSPS) is 9.95. The van der Waals surface area contributed by atoms with Crippen LogP contribution in [0, 0.1) is 17.0 Å². The fourth-order valence-corrected chi connectivity index (χ4v) is 1.61. The number of aryl methyl sites for hydroxylation is 1. The van der Waals surface area contributed by atoms with E-state index in [1.807, 2.05) is 6.92 Å². The van der Waals surface area contributed by atoms with Gasteiger partial charge in [-0.2, -0.15) is 0 Å². The van der Waals surface area contributed by atoms with Gasteiger partial charge in [0, 0.05) is 12.1 Å². The second-order valence-corrected chi connectivity index (χ2v) is 4.35. The van der Waals surface area contributed by atoms with Gasteiger partial charge in [-0.1, -0.05) is 17.7 Å². The van der Waals surface area contributed by atoms with Crippen molar-refractivity contribution in [1.29, 1.82) is 0 Å². The lowest BCUT2D eigenvalue weighted by Crippen LogP contribution is -2.12. The van der Waals surface area contributed by atoms with E-state index in [1.54, 1.807) is 24.3 Å². The summed E-state index contributed by atoms with van der Waals surface area (Å²) in [7, 11) is 0. The van der Waals surface area contributed by atoms with Gasteiger partial charge in [0.25, 0.3) is 5.69 Å². The topological polar surface area (TPSA) is 86.5 Å². The quantitative estimate of drug-likeness (QED) is 0.374. The molecule has 0 bridgehead atoms. The Kier molecular flexibility index (Phi) is 4.08. The summed E-state index contributed by atoms with van der Waals surface area (Å²) >= 11 is 0. The molecule has 0 aromatic heterocycles. The highest BCUT2D eigenvalue weighted by Gasteiger charge is 2.16. The molecule has 0 fully saturated rings. The molecule has 0 spiro atoms. The third kappa shape index (κ3) is 3.50. The predicted molar refractivity (Wildman–Crippen MR) is 74.0 cm³/mol. The molecule has 0 aliphatic carbocycles. The summed E-state index contributed by atoms with van der Waals surface area (Å²) in [4.78, 5) is 33.5. The first kappa shape index (κ1) is 14.4. The van der Waals surface area contributed by atoms with Gasteiger partial charge >= 0.3 is 11.9 Å². The minimum absolute atomic E-state index is 0.0704. The SMILES string of the molecule is Cc1ccc(C(=O)OC(=O)c2ccc([N+](=O)[O-])cc2)cc1. The van der Waals surface area contributed by atoms with Gasteiger partial charge in [-0.15, -0.1) is 0 Å². The zero-order chi connectivity index (χ0) is 15.4. The van der Waals surface area contributed by atoms with E-state index in [0.29, 0.717) is 0 Å². The van der Waals surface area contributed by atoms with Crippen LogP contribution in [0.3, 0.4) is 0 Å². The Morgan fingerprint density at radius 3 is 1.76 bits per heavy atom. The third-order valence-electron chi connectivity index (χ3n) is 2.79. The van der Waals surface area contributed by atoms with Crippen molar-refractivity contribution in [1.82, 2.24) is 0 Å². The van der Waals surface area contributed by atoms with Crippen LogP contribution in [0.2, 0.25) is 0 Å². The molecular weight excluding hydrogens is 274 g/mol. The molecular formula is C15H11NO5. The maximum absolute atomic E-state index is 11.8. The number of nitro groups is 1. The van der Waals surface area contributed by atoms with Crippen molar-refractivity contribution in [2.45, 2.75) is 6.92 Å². The smallest absolute Gasteiger partial charge is 0.346 e. The van der Waals surface area contributed by atoms with E-state index in [2.05, 4.69) is 0 Å². The molecule has 6 heteroatoms. The lowest BCUT2D eigenvalue weighted by Gasteiger charge is -2.03. The number of rotatable bonds is 3. The van der Waals surface area contributed by atoms with Gasteiger partial charge in [0.15, 0.2) is 0 Å². The monoisotopic (exact) mass is 285 g/mol. The molecule has 6 nitrogen and oxygen atoms in total. The van der Waals surface area contributed by atoms with Crippen LogP contribution in [0.25, 0.3) is 0 Å². The highest BCUT2D eigenvalue weighted by atomic mass is 16.6. The van der Waals surface area contributed by atoms with Crippen LogP contribution in [0.5, 0.6) is 0 Å². The first-order valence-electron chi connectivity index (χ1n) is 6.05. The fourth-order valence-electron chi connectivity index (χ4n) is 1.61. The largest absolute Gasteiger partial charge is 0.386 e. The number of carbonyl (C=O) groups is 2. The number of hydrogen-bond acceptors (Lipinski definition) is 5. The highest BCUT2D eigenvalue weighted by molar-refractivity contribution is 6.02. The zero-order valence-electron chi connectivity index (χ0n) is 11.1. The van der Waals surface area contributed by atoms with Crippen LogP contribution in [0.15, 0.2) is 48.5 Å². The van der Waals surface area contributed by atoms with E-state index in [4.69, 9.17) is 4.74 Å². The Bertz CT molecular complexity index is 689. The Hall–Kier alpha value is -3.02. The minimum Gasteiger partial charge on any atom is -0.386 e. The average Bonchev–Trinajstić information content (AvgIpc) is 2.47. The molecule has 0 saturated carbocycles. The molecule has 0 atom stereocenters. The standard InChI is InChI=1S/C15H11NO5/c1-10-2-4-11(5-3-10)14(17)21-15(18)12-6-8-13(9-7-12)16(19)20/h2-9H,1H3. The number of nitro benzene ring substituents is 1. The van der Waals surface area contributed by atoms with Crippen molar-refractivity contribution in [2.75, 3.05) is 0 Å². The molecule has 2 aromatic rings. The lowest BCUT2D eigenvalue weighted by molar-refractivity contribution is -0.384. The van der Waals surface area contributed by atoms with Crippen LogP contribution in [-0.2, 0) is 4.74 Å². The second-order valence-electron chi connectivity index (χ2n) is 4.35. The maximum Gasteiger partial charge on any atom is 0.346 e. The molecule has 2 aromatic carbocycles. The van der Waals surface area contributed by atoms with Crippen molar-refractivity contribution in [3.63, 3.8) is 0 Å². The third-order valence-corrected chi connectivity index (χ3v) is 2.79. The fraction of sp³-hybridized carbons (Fsp3) is 0.0667. The number of esters is 2. The first-order valence-corrected chi connectivity index (χ1v) is 6.05. The van der Waals surface area contributed by atoms with Gasteiger partial charge in [0.1, 0.15) is 0 Å². The summed E-state index contributed by atoms with van der Waals surface area (Å²) in [5.74, 6) is -1.62. The van der Waals surface area contributed by atoms with Crippen molar-refractivity contribution in [3.8, 4) is 0 Å². The van der Waals surface area contributed by atoms with Gasteiger partial charge in [0.2, 0.25) is 0 Å². The van der Waals surface area contributed by atoms with E-state index in [0.717, 1.165) is 5.56 Å². The predicted octanol–water partition coefficient (Wildman–Crippen LogP) is 2.90. The Balaban J connectivity index is 2.08. The van der Waals surface area contributed by atoms with Gasteiger partial charge in [-0.05, 0) is 31.2 Å². The number of hydrogen-bond donors (Lipinski definition) is 0. The number of nitrogens with zero attached hydrogens (tertiary/aromatic N) is 1. The van der Waals surface area contributed by atoms with E-state index < -0.39 is 16.9 Å². The molecule has 0 heterocycles. The van der Waals surface area contributed by atoms with E-state index in [9.17, 15) is 19.7 Å². The molecule has 0 unspecified atom stereocenters. The number of carbonyl (C=O) groups excluding carboxylic acids is 2. The van der Waals surface area contributed by atoms with Gasteiger partial charge in [-0.25, -0.2) is 9.59 Å². The second kappa shape index (κ2) is 5.96. The van der Waals surface area contributed by atoms with Crippen molar-refractivity contribution in [2.24, 2.45) is 0 Å². The maximum atomic E-state index is 11.8. The molecule has 0 N–H and O–H groups in total. The van der Waals surface area contributed by atoms with Gasteiger partial charge < -0.3 is 4.74 Å². The molecule has 0 saturated heterocycles. The van der Waals surface area contributed by atoms with Crippen molar-refractivity contribution < 1.29 is 19.2 Å². The van der Waals surface area contributed by atoms with Crippen LogP contribution in [0.1, 0.15) is 26.3 Å². The number of ether oxygens (including phenoxy) is 1. The number of non-ortho nitro benzene ring substituents is 1. The summed E-state index contributed by atoms with van der Waals surface area (Å²) in [5.41, 5.74) is 1.17. The molecule has 106 valence electrons. The summed E-state index contributed by atoms with van der Waals surface area (Å²) in [6, 6.07) is 11.4. The van der Waals surface area contributed by atoms with Crippen LogP contribution < -0.4 is 0 Å². The van der Waals surface area contributed by atoms with Crippen LogP contribution >= 0.6 is 0 Å². The minimum atomic E-state index is -0.851. The van der Waals surface area contributed by atoms with Crippen LogP contribution in [-0.4, -0.2) is 16.9 Å². The van der Waals surface area contributed by atoms with E-state index >= 15 is 0 Å². The zero-order valence-corrected chi connectivity index (χ0v) is 11.1. The molecule has 0 amide bonds. The Labute approximate surface area is 120 Å². The first-order chi connectivity index (χ1) is 9.97. The highest BCUT2D eigenvalue weighted by Crippen LogP contribution is 2.13.